The Bertz CT molecular complexity index is 534. The minimum Gasteiger partial charge on any atom is -0.353 e. The molecule has 5 heteroatoms. The van der Waals surface area contributed by atoms with Gasteiger partial charge in [0, 0.05) is 31.0 Å². The van der Waals surface area contributed by atoms with E-state index in [1.807, 2.05) is 19.9 Å². The molecule has 4 nitrogen and oxygen atoms in total. The van der Waals surface area contributed by atoms with Gasteiger partial charge >= 0.3 is 0 Å². The lowest BCUT2D eigenvalue weighted by Gasteiger charge is -2.08. The van der Waals surface area contributed by atoms with Crippen LogP contribution in [-0.2, 0) is 6.54 Å². The predicted molar refractivity (Wildman–Crippen MR) is 78.1 cm³/mol. The average Bonchev–Trinajstić information content (AvgIpc) is 2.39. The standard InChI is InChI=1S/C15H19FN4/c1-11-9-12(2)20-15(19-11)18-8-7-17-10-13-3-5-14(16)6-4-13/h3-6,9,17H,7-8,10H2,1-2H3,(H,18,19,20). The molecule has 0 unspecified atom stereocenters. The molecule has 2 aromatic rings. The van der Waals surface area contributed by atoms with Crippen molar-refractivity contribution in [3.63, 3.8) is 0 Å². The van der Waals surface area contributed by atoms with Crippen LogP contribution < -0.4 is 10.6 Å². The topological polar surface area (TPSA) is 49.8 Å². The molecular weight excluding hydrogens is 255 g/mol. The first-order valence-electron chi connectivity index (χ1n) is 6.65. The summed E-state index contributed by atoms with van der Waals surface area (Å²) in [5, 5.41) is 6.46. The second kappa shape index (κ2) is 6.96. The molecule has 0 saturated heterocycles. The van der Waals surface area contributed by atoms with E-state index >= 15 is 0 Å². The Labute approximate surface area is 118 Å². The maximum atomic E-state index is 12.7. The summed E-state index contributed by atoms with van der Waals surface area (Å²) in [7, 11) is 0. The van der Waals surface area contributed by atoms with Gasteiger partial charge in [0.1, 0.15) is 5.82 Å². The Morgan fingerprint density at radius 1 is 1.00 bits per heavy atom. The van der Waals surface area contributed by atoms with E-state index in [0.717, 1.165) is 36.6 Å². The number of aryl methyl sites for hydroxylation is 2. The van der Waals surface area contributed by atoms with Crippen molar-refractivity contribution in [1.29, 1.82) is 0 Å². The fraction of sp³-hybridized carbons (Fsp3) is 0.333. The van der Waals surface area contributed by atoms with Crippen LogP contribution in [0.5, 0.6) is 0 Å². The number of hydrogen-bond acceptors (Lipinski definition) is 4. The van der Waals surface area contributed by atoms with Crippen LogP contribution in [0.2, 0.25) is 0 Å². The van der Waals surface area contributed by atoms with Crippen molar-refractivity contribution >= 4 is 5.95 Å². The molecule has 1 aromatic heterocycles. The van der Waals surface area contributed by atoms with Crippen molar-refractivity contribution in [3.8, 4) is 0 Å². The number of hydrogen-bond donors (Lipinski definition) is 2. The molecule has 2 rings (SSSR count). The van der Waals surface area contributed by atoms with Gasteiger partial charge in [-0.25, -0.2) is 14.4 Å². The van der Waals surface area contributed by atoms with Crippen molar-refractivity contribution in [2.24, 2.45) is 0 Å². The normalized spacial score (nSPS) is 10.6. The molecule has 0 aliphatic heterocycles. The summed E-state index contributed by atoms with van der Waals surface area (Å²) in [6.45, 7) is 6.15. The van der Waals surface area contributed by atoms with E-state index in [1.54, 1.807) is 12.1 Å². The fourth-order valence-electron chi connectivity index (χ4n) is 1.90. The minimum absolute atomic E-state index is 0.206. The molecule has 0 aliphatic carbocycles. The van der Waals surface area contributed by atoms with Gasteiger partial charge in [-0.1, -0.05) is 12.1 Å². The van der Waals surface area contributed by atoms with Gasteiger partial charge in [-0.3, -0.25) is 0 Å². The molecule has 0 radical (unpaired) electrons. The zero-order valence-electron chi connectivity index (χ0n) is 11.8. The lowest BCUT2D eigenvalue weighted by atomic mass is 10.2. The maximum absolute atomic E-state index is 12.7. The van der Waals surface area contributed by atoms with Gasteiger partial charge in [0.2, 0.25) is 5.95 Å². The van der Waals surface area contributed by atoms with E-state index in [1.165, 1.54) is 12.1 Å². The van der Waals surface area contributed by atoms with Gasteiger partial charge < -0.3 is 10.6 Å². The lowest BCUT2D eigenvalue weighted by molar-refractivity contribution is 0.625. The molecule has 0 fully saturated rings. The third-order valence-electron chi connectivity index (χ3n) is 2.81. The first-order chi connectivity index (χ1) is 9.63. The van der Waals surface area contributed by atoms with Gasteiger partial charge in [-0.15, -0.1) is 0 Å². The van der Waals surface area contributed by atoms with Crippen LogP contribution in [0.3, 0.4) is 0 Å². The largest absolute Gasteiger partial charge is 0.353 e. The van der Waals surface area contributed by atoms with Crippen LogP contribution in [0.4, 0.5) is 10.3 Å². The second-order valence-electron chi connectivity index (χ2n) is 4.70. The van der Waals surface area contributed by atoms with Crippen molar-refractivity contribution in [3.05, 3.63) is 53.1 Å². The smallest absolute Gasteiger partial charge is 0.223 e. The van der Waals surface area contributed by atoms with E-state index in [9.17, 15) is 4.39 Å². The highest BCUT2D eigenvalue weighted by Crippen LogP contribution is 2.03. The van der Waals surface area contributed by atoms with Gasteiger partial charge in [-0.2, -0.15) is 0 Å². The molecular formula is C15H19FN4. The van der Waals surface area contributed by atoms with E-state index in [2.05, 4.69) is 20.6 Å². The molecule has 0 amide bonds. The third kappa shape index (κ3) is 4.59. The van der Waals surface area contributed by atoms with Crippen LogP contribution in [0.1, 0.15) is 17.0 Å². The summed E-state index contributed by atoms with van der Waals surface area (Å²) in [4.78, 5) is 8.62. The highest BCUT2D eigenvalue weighted by Gasteiger charge is 1.98. The average molecular weight is 274 g/mol. The first-order valence-corrected chi connectivity index (χ1v) is 6.65. The number of rotatable bonds is 6. The monoisotopic (exact) mass is 274 g/mol. The molecule has 2 N–H and O–H groups in total. The van der Waals surface area contributed by atoms with Crippen molar-refractivity contribution in [2.75, 3.05) is 18.4 Å². The lowest BCUT2D eigenvalue weighted by Crippen LogP contribution is -2.22. The molecule has 20 heavy (non-hydrogen) atoms. The minimum atomic E-state index is -0.206. The summed E-state index contributed by atoms with van der Waals surface area (Å²) in [6, 6.07) is 8.45. The summed E-state index contributed by atoms with van der Waals surface area (Å²) < 4.78 is 12.7. The Hall–Kier alpha value is -2.01. The van der Waals surface area contributed by atoms with Crippen LogP contribution >= 0.6 is 0 Å². The number of benzene rings is 1. The molecule has 0 aliphatic rings. The quantitative estimate of drug-likeness (QED) is 0.794. The number of nitrogens with zero attached hydrogens (tertiary/aromatic N) is 2. The Morgan fingerprint density at radius 3 is 2.30 bits per heavy atom. The molecule has 0 spiro atoms. The van der Waals surface area contributed by atoms with Crippen LogP contribution in [0.25, 0.3) is 0 Å². The molecule has 0 saturated carbocycles. The number of nitrogens with one attached hydrogen (secondary N) is 2. The molecule has 0 bridgehead atoms. The van der Waals surface area contributed by atoms with Crippen molar-refractivity contribution < 1.29 is 4.39 Å². The highest BCUT2D eigenvalue weighted by molar-refractivity contribution is 5.27. The summed E-state index contributed by atoms with van der Waals surface area (Å²) >= 11 is 0. The summed E-state index contributed by atoms with van der Waals surface area (Å²) in [5.41, 5.74) is 2.98. The first kappa shape index (κ1) is 14.4. The molecule has 1 aromatic carbocycles. The SMILES string of the molecule is Cc1cc(C)nc(NCCNCc2ccc(F)cc2)n1. The Morgan fingerprint density at radius 2 is 1.65 bits per heavy atom. The highest BCUT2D eigenvalue weighted by atomic mass is 19.1. The molecule has 0 atom stereocenters. The third-order valence-corrected chi connectivity index (χ3v) is 2.81. The molecule has 106 valence electrons. The van der Waals surface area contributed by atoms with E-state index in [4.69, 9.17) is 0 Å². The van der Waals surface area contributed by atoms with Crippen molar-refractivity contribution in [1.82, 2.24) is 15.3 Å². The molecule has 1 heterocycles. The zero-order chi connectivity index (χ0) is 14.4. The number of anilines is 1. The predicted octanol–water partition coefficient (Wildman–Crippen LogP) is 2.43. The second-order valence-corrected chi connectivity index (χ2v) is 4.70. The van der Waals surface area contributed by atoms with E-state index in [-0.39, 0.29) is 5.82 Å². The fourth-order valence-corrected chi connectivity index (χ4v) is 1.90. The zero-order valence-corrected chi connectivity index (χ0v) is 11.8. The van der Waals surface area contributed by atoms with E-state index in [0.29, 0.717) is 5.95 Å². The van der Waals surface area contributed by atoms with Crippen LogP contribution in [0, 0.1) is 19.7 Å². The van der Waals surface area contributed by atoms with Gasteiger partial charge in [0.25, 0.3) is 0 Å². The Kier molecular flexibility index (Phi) is 5.01. The summed E-state index contributed by atoms with van der Waals surface area (Å²) in [5.74, 6) is 0.452. The van der Waals surface area contributed by atoms with E-state index < -0.39 is 0 Å². The van der Waals surface area contributed by atoms with Crippen LogP contribution in [-0.4, -0.2) is 23.1 Å². The van der Waals surface area contributed by atoms with Gasteiger partial charge in [0.05, 0.1) is 0 Å². The van der Waals surface area contributed by atoms with Crippen LogP contribution in [0.15, 0.2) is 30.3 Å². The number of aromatic nitrogens is 2. The Balaban J connectivity index is 1.70. The van der Waals surface area contributed by atoms with Gasteiger partial charge in [0.15, 0.2) is 0 Å². The maximum Gasteiger partial charge on any atom is 0.223 e. The number of halogens is 1. The van der Waals surface area contributed by atoms with Gasteiger partial charge in [-0.05, 0) is 37.6 Å². The van der Waals surface area contributed by atoms with Crippen molar-refractivity contribution in [2.45, 2.75) is 20.4 Å². The summed E-state index contributed by atoms with van der Waals surface area (Å²) in [6.07, 6.45) is 0.